The van der Waals surface area contributed by atoms with Crippen molar-refractivity contribution in [3.63, 3.8) is 0 Å². The minimum atomic E-state index is -0.637. The fraction of sp³-hybridized carbons (Fsp3) is 0.333. The molecule has 0 amide bonds. The number of benzene rings is 1. The van der Waals surface area contributed by atoms with Gasteiger partial charge in [0.25, 0.3) is 11.2 Å². The average molecular weight is 359 g/mol. The zero-order chi connectivity index (χ0) is 19.1. The van der Waals surface area contributed by atoms with E-state index in [1.54, 1.807) is 0 Å². The molecule has 2 rings (SSSR count). The van der Waals surface area contributed by atoms with E-state index in [0.29, 0.717) is 0 Å². The van der Waals surface area contributed by atoms with E-state index >= 15 is 0 Å². The summed E-state index contributed by atoms with van der Waals surface area (Å²) in [6.45, 7) is 5.42. The number of anilines is 1. The van der Waals surface area contributed by atoms with Crippen molar-refractivity contribution in [2.24, 2.45) is 0 Å². The standard InChI is InChI=1S/C18H21N3O5/c1-3-19(4-2)16-8-6-5-7-14(16)13-26-18(23)12-20-11-15(21(24)25)9-10-17(20)22/h5-11H,3-4,12-13H2,1-2H3. The lowest BCUT2D eigenvalue weighted by molar-refractivity contribution is -0.385. The molecule has 0 aliphatic heterocycles. The smallest absolute Gasteiger partial charge is 0.326 e. The Morgan fingerprint density at radius 3 is 2.54 bits per heavy atom. The van der Waals surface area contributed by atoms with Crippen LogP contribution in [0.1, 0.15) is 19.4 Å². The Morgan fingerprint density at radius 1 is 1.19 bits per heavy atom. The van der Waals surface area contributed by atoms with Crippen molar-refractivity contribution in [2.45, 2.75) is 27.0 Å². The number of carbonyl (C=O) groups excluding carboxylic acids is 1. The van der Waals surface area contributed by atoms with Gasteiger partial charge in [-0.05, 0) is 19.9 Å². The van der Waals surface area contributed by atoms with Crippen LogP contribution in [0.4, 0.5) is 11.4 Å². The van der Waals surface area contributed by atoms with Crippen LogP contribution >= 0.6 is 0 Å². The maximum atomic E-state index is 12.1. The Hall–Kier alpha value is -3.16. The number of esters is 1. The Balaban J connectivity index is 2.08. The van der Waals surface area contributed by atoms with Crippen molar-refractivity contribution in [3.05, 3.63) is 68.6 Å². The van der Waals surface area contributed by atoms with Gasteiger partial charge in [-0.3, -0.25) is 24.3 Å². The monoisotopic (exact) mass is 359 g/mol. The van der Waals surface area contributed by atoms with Crippen LogP contribution in [0.3, 0.4) is 0 Å². The molecule has 0 spiro atoms. The predicted octanol–water partition coefficient (Wildman–Crippen LogP) is 2.35. The molecule has 1 aromatic carbocycles. The molecule has 8 heteroatoms. The van der Waals surface area contributed by atoms with Crippen molar-refractivity contribution in [2.75, 3.05) is 18.0 Å². The van der Waals surface area contributed by atoms with Crippen molar-refractivity contribution in [3.8, 4) is 0 Å². The number of hydrogen-bond donors (Lipinski definition) is 0. The predicted molar refractivity (Wildman–Crippen MR) is 97.2 cm³/mol. The topological polar surface area (TPSA) is 94.7 Å². The minimum Gasteiger partial charge on any atom is -0.459 e. The molecule has 0 radical (unpaired) electrons. The van der Waals surface area contributed by atoms with Crippen LogP contribution in [0, 0.1) is 10.1 Å². The van der Waals surface area contributed by atoms with Crippen molar-refractivity contribution >= 4 is 17.3 Å². The molecule has 0 unspecified atom stereocenters. The largest absolute Gasteiger partial charge is 0.459 e. The average Bonchev–Trinajstić information content (AvgIpc) is 2.63. The van der Waals surface area contributed by atoms with Crippen LogP contribution in [-0.4, -0.2) is 28.5 Å². The third kappa shape index (κ3) is 4.69. The van der Waals surface area contributed by atoms with Gasteiger partial charge in [-0.1, -0.05) is 18.2 Å². The van der Waals surface area contributed by atoms with Gasteiger partial charge in [-0.15, -0.1) is 0 Å². The summed E-state index contributed by atoms with van der Waals surface area (Å²) < 4.78 is 6.24. The molecule has 8 nitrogen and oxygen atoms in total. The first-order valence-electron chi connectivity index (χ1n) is 8.29. The van der Waals surface area contributed by atoms with E-state index in [2.05, 4.69) is 4.90 Å². The molecule has 1 heterocycles. The van der Waals surface area contributed by atoms with Gasteiger partial charge in [0.1, 0.15) is 13.2 Å². The molecule has 0 aliphatic rings. The number of para-hydroxylation sites is 1. The van der Waals surface area contributed by atoms with E-state index in [4.69, 9.17) is 4.74 Å². The van der Waals surface area contributed by atoms with Crippen molar-refractivity contribution in [1.82, 2.24) is 4.57 Å². The Bertz CT molecular complexity index is 843. The highest BCUT2D eigenvalue weighted by Gasteiger charge is 2.13. The Labute approximate surface area is 150 Å². The first-order chi connectivity index (χ1) is 12.5. The van der Waals surface area contributed by atoms with Crippen molar-refractivity contribution < 1.29 is 14.5 Å². The first kappa shape index (κ1) is 19.2. The van der Waals surface area contributed by atoms with Crippen molar-refractivity contribution in [1.29, 1.82) is 0 Å². The molecule has 0 atom stereocenters. The van der Waals surface area contributed by atoms with Gasteiger partial charge in [0, 0.05) is 36.5 Å². The van der Waals surface area contributed by atoms with Crippen LogP contribution in [0.5, 0.6) is 0 Å². The third-order valence-electron chi connectivity index (χ3n) is 3.96. The van der Waals surface area contributed by atoms with Crippen LogP contribution in [0.2, 0.25) is 0 Å². The fourth-order valence-corrected chi connectivity index (χ4v) is 2.60. The number of rotatable bonds is 8. The molecule has 0 saturated carbocycles. The maximum absolute atomic E-state index is 12.1. The highest BCUT2D eigenvalue weighted by atomic mass is 16.6. The zero-order valence-corrected chi connectivity index (χ0v) is 14.8. The summed E-state index contributed by atoms with van der Waals surface area (Å²) >= 11 is 0. The number of hydrogen-bond acceptors (Lipinski definition) is 6. The normalized spacial score (nSPS) is 10.4. The molecular formula is C18H21N3O5. The van der Waals surface area contributed by atoms with E-state index in [-0.39, 0.29) is 18.8 Å². The van der Waals surface area contributed by atoms with Gasteiger partial charge in [0.2, 0.25) is 0 Å². The quantitative estimate of drug-likeness (QED) is 0.408. The lowest BCUT2D eigenvalue weighted by Crippen LogP contribution is -2.25. The van der Waals surface area contributed by atoms with E-state index < -0.39 is 16.5 Å². The molecule has 138 valence electrons. The Kier molecular flexibility index (Phi) is 6.48. The molecule has 0 saturated heterocycles. The van der Waals surface area contributed by atoms with Gasteiger partial charge < -0.3 is 9.64 Å². The van der Waals surface area contributed by atoms with Crippen LogP contribution < -0.4 is 10.5 Å². The molecule has 1 aromatic heterocycles. The lowest BCUT2D eigenvalue weighted by Gasteiger charge is -2.24. The Morgan fingerprint density at radius 2 is 1.88 bits per heavy atom. The maximum Gasteiger partial charge on any atom is 0.326 e. The summed E-state index contributed by atoms with van der Waals surface area (Å²) in [5.41, 5.74) is 1.08. The minimum absolute atomic E-state index is 0.0647. The van der Waals surface area contributed by atoms with Gasteiger partial charge in [-0.25, -0.2) is 0 Å². The molecule has 0 N–H and O–H groups in total. The summed E-state index contributed by atoms with van der Waals surface area (Å²) in [6.07, 6.45) is 1.04. The van der Waals surface area contributed by atoms with E-state index in [1.165, 1.54) is 0 Å². The number of carbonyl (C=O) groups is 1. The number of nitrogens with zero attached hydrogens (tertiary/aromatic N) is 3. The fourth-order valence-electron chi connectivity index (χ4n) is 2.60. The number of aromatic nitrogens is 1. The van der Waals surface area contributed by atoms with Crippen LogP contribution in [-0.2, 0) is 22.7 Å². The van der Waals surface area contributed by atoms with Crippen LogP contribution in [0.25, 0.3) is 0 Å². The van der Waals surface area contributed by atoms with E-state index in [0.717, 1.165) is 47.2 Å². The first-order valence-corrected chi connectivity index (χ1v) is 8.29. The highest BCUT2D eigenvalue weighted by Crippen LogP contribution is 2.21. The number of nitro groups is 1. The van der Waals surface area contributed by atoms with Gasteiger partial charge >= 0.3 is 5.97 Å². The highest BCUT2D eigenvalue weighted by molar-refractivity contribution is 5.69. The third-order valence-corrected chi connectivity index (χ3v) is 3.96. The number of ether oxygens (including phenoxy) is 1. The molecule has 0 aliphatic carbocycles. The molecule has 0 fully saturated rings. The summed E-state index contributed by atoms with van der Waals surface area (Å²) in [6, 6.07) is 9.77. The summed E-state index contributed by atoms with van der Waals surface area (Å²) in [5, 5.41) is 10.8. The van der Waals surface area contributed by atoms with Gasteiger partial charge in [-0.2, -0.15) is 0 Å². The summed E-state index contributed by atoms with van der Waals surface area (Å²) in [7, 11) is 0. The summed E-state index contributed by atoms with van der Waals surface area (Å²) in [4.78, 5) is 36.1. The van der Waals surface area contributed by atoms with Gasteiger partial charge in [0.05, 0.1) is 11.1 Å². The summed E-state index contributed by atoms with van der Waals surface area (Å²) in [5.74, 6) is -0.637. The molecule has 26 heavy (non-hydrogen) atoms. The van der Waals surface area contributed by atoms with Crippen LogP contribution in [0.15, 0.2) is 47.4 Å². The molecule has 2 aromatic rings. The molecule has 0 bridgehead atoms. The van der Waals surface area contributed by atoms with E-state index in [1.807, 2.05) is 38.1 Å². The molecular weight excluding hydrogens is 338 g/mol. The zero-order valence-electron chi connectivity index (χ0n) is 14.8. The SMILES string of the molecule is CCN(CC)c1ccccc1COC(=O)Cn1cc([N+](=O)[O-])ccc1=O. The lowest BCUT2D eigenvalue weighted by atomic mass is 10.1. The number of pyridine rings is 1. The second-order valence-electron chi connectivity index (χ2n) is 5.57. The van der Waals surface area contributed by atoms with E-state index in [9.17, 15) is 19.7 Å². The second-order valence-corrected chi connectivity index (χ2v) is 5.57. The van der Waals surface area contributed by atoms with Gasteiger partial charge in [0.15, 0.2) is 0 Å². The second kappa shape index (κ2) is 8.80.